The molecule has 0 unspecified atom stereocenters. The number of amides is 1. The molecule has 0 saturated heterocycles. The number of ether oxygens (including phenoxy) is 1. The van der Waals surface area contributed by atoms with Crippen molar-refractivity contribution in [1.29, 1.82) is 0 Å². The number of anilines is 1. The van der Waals surface area contributed by atoms with Gasteiger partial charge in [0.1, 0.15) is 17.9 Å². The number of rotatable bonds is 8. The van der Waals surface area contributed by atoms with E-state index in [9.17, 15) is 38.0 Å². The van der Waals surface area contributed by atoms with Crippen LogP contribution in [0.5, 0.6) is 5.75 Å². The van der Waals surface area contributed by atoms with E-state index < -0.39 is 41.0 Å². The molecule has 2 aromatic rings. The van der Waals surface area contributed by atoms with Crippen molar-refractivity contribution in [3.05, 3.63) is 63.7 Å². The average Bonchev–Trinajstić information content (AvgIpc) is 2.70. The van der Waals surface area contributed by atoms with Gasteiger partial charge in [-0.1, -0.05) is 6.92 Å². The highest BCUT2D eigenvalue weighted by Crippen LogP contribution is 2.37. The van der Waals surface area contributed by atoms with Crippen molar-refractivity contribution in [3.8, 4) is 5.75 Å². The third-order valence-electron chi connectivity index (χ3n) is 3.97. The summed E-state index contributed by atoms with van der Waals surface area (Å²) in [5, 5.41) is 22.7. The third kappa shape index (κ3) is 5.77. The van der Waals surface area contributed by atoms with E-state index in [0.29, 0.717) is 24.1 Å². The summed E-state index contributed by atoms with van der Waals surface area (Å²) >= 11 is 0. The molecule has 1 atom stereocenters. The summed E-state index contributed by atoms with van der Waals surface area (Å²) in [7, 11) is 0. The first-order valence-corrected chi connectivity index (χ1v) is 8.63. The monoisotopic (exact) mass is 426 g/mol. The summed E-state index contributed by atoms with van der Waals surface area (Å²) in [6, 6.07) is 7.92. The number of benzene rings is 2. The van der Waals surface area contributed by atoms with Crippen LogP contribution in [0.25, 0.3) is 0 Å². The topological polar surface area (TPSA) is 119 Å². The molecule has 0 aliphatic rings. The number of nitrogens with zero attached hydrogens (tertiary/aromatic N) is 1. The summed E-state index contributed by atoms with van der Waals surface area (Å²) in [6.45, 7) is 1.20. The van der Waals surface area contributed by atoms with Crippen LogP contribution < -0.4 is 10.1 Å². The van der Waals surface area contributed by atoms with E-state index in [1.54, 1.807) is 6.92 Å². The van der Waals surface area contributed by atoms with Gasteiger partial charge in [0.15, 0.2) is 11.9 Å². The van der Waals surface area contributed by atoms with Crippen LogP contribution in [0.4, 0.5) is 24.5 Å². The van der Waals surface area contributed by atoms with Crippen molar-refractivity contribution in [1.82, 2.24) is 0 Å². The van der Waals surface area contributed by atoms with Crippen LogP contribution in [-0.4, -0.2) is 34.4 Å². The van der Waals surface area contributed by atoms with E-state index in [1.807, 2.05) is 0 Å². The number of Topliss-reactive ketones (excluding diaryl/α,β-unsaturated/α-hetero) is 1. The Bertz CT molecular complexity index is 944. The Morgan fingerprint density at radius 3 is 2.37 bits per heavy atom. The van der Waals surface area contributed by atoms with Gasteiger partial charge in [-0.15, -0.1) is 0 Å². The molecule has 0 radical (unpaired) electrons. The zero-order valence-corrected chi connectivity index (χ0v) is 15.6. The molecule has 2 N–H and O–H groups in total. The molecule has 0 heterocycles. The first-order chi connectivity index (χ1) is 14.0. The fourth-order valence-corrected chi connectivity index (χ4v) is 2.42. The predicted molar refractivity (Wildman–Crippen MR) is 99.3 cm³/mol. The second-order valence-corrected chi connectivity index (χ2v) is 6.10. The maximum Gasteiger partial charge on any atom is 0.423 e. The second kappa shape index (κ2) is 9.35. The molecular formula is C19H17F3N2O6. The molecule has 0 aromatic heterocycles. The third-order valence-corrected chi connectivity index (χ3v) is 3.97. The van der Waals surface area contributed by atoms with Gasteiger partial charge in [0, 0.05) is 23.7 Å². The van der Waals surface area contributed by atoms with Crippen molar-refractivity contribution in [3.63, 3.8) is 0 Å². The highest BCUT2D eigenvalue weighted by atomic mass is 19.4. The Kier molecular flexibility index (Phi) is 7.11. The number of alkyl halides is 3. The van der Waals surface area contributed by atoms with Crippen LogP contribution in [0, 0.1) is 10.1 Å². The molecule has 0 aliphatic heterocycles. The van der Waals surface area contributed by atoms with Crippen LogP contribution in [0.3, 0.4) is 0 Å². The van der Waals surface area contributed by atoms with Gasteiger partial charge >= 0.3 is 6.18 Å². The lowest BCUT2D eigenvalue weighted by molar-refractivity contribution is -0.388. The minimum atomic E-state index is -5.00. The Hall–Kier alpha value is -3.47. The number of ketones is 1. The molecule has 8 nitrogen and oxygen atoms in total. The van der Waals surface area contributed by atoms with Gasteiger partial charge in [-0.05, 0) is 36.4 Å². The lowest BCUT2D eigenvalue weighted by Gasteiger charge is -2.14. The minimum Gasteiger partial charge on any atom is -0.490 e. The molecule has 0 saturated carbocycles. The van der Waals surface area contributed by atoms with Gasteiger partial charge in [0.05, 0.1) is 4.92 Å². The van der Waals surface area contributed by atoms with Crippen LogP contribution in [0.15, 0.2) is 42.5 Å². The molecule has 30 heavy (non-hydrogen) atoms. The molecule has 0 aliphatic carbocycles. The highest BCUT2D eigenvalue weighted by Gasteiger charge is 2.38. The minimum absolute atomic E-state index is 0.0673. The molecule has 0 bridgehead atoms. The van der Waals surface area contributed by atoms with E-state index in [0.717, 1.165) is 6.07 Å². The fourth-order valence-electron chi connectivity index (χ4n) is 2.42. The van der Waals surface area contributed by atoms with Gasteiger partial charge in [0.25, 0.3) is 11.6 Å². The summed E-state index contributed by atoms with van der Waals surface area (Å²) < 4.78 is 44.2. The Balaban J connectivity index is 2.02. The molecule has 11 heteroatoms. The first kappa shape index (κ1) is 22.8. The number of aliphatic hydroxyl groups is 1. The Morgan fingerprint density at radius 1 is 1.20 bits per heavy atom. The lowest BCUT2D eigenvalue weighted by Crippen LogP contribution is -2.33. The predicted octanol–water partition coefficient (Wildman–Crippen LogP) is 3.58. The Labute approximate surface area is 168 Å². The number of nitrogens with one attached hydrogen (secondary N) is 1. The summed E-state index contributed by atoms with van der Waals surface area (Å²) in [4.78, 5) is 33.1. The number of nitro benzene ring substituents is 1. The lowest BCUT2D eigenvalue weighted by atomic mass is 10.1. The van der Waals surface area contributed by atoms with Gasteiger partial charge in [0.2, 0.25) is 0 Å². The van der Waals surface area contributed by atoms with Crippen molar-refractivity contribution < 1.29 is 37.5 Å². The highest BCUT2D eigenvalue weighted by molar-refractivity contribution is 5.96. The molecule has 0 fully saturated rings. The van der Waals surface area contributed by atoms with Gasteiger partial charge < -0.3 is 15.2 Å². The number of hydrogen-bond donors (Lipinski definition) is 2. The molecule has 0 spiro atoms. The first-order valence-electron chi connectivity index (χ1n) is 8.63. The zero-order chi connectivity index (χ0) is 22.5. The zero-order valence-electron chi connectivity index (χ0n) is 15.6. The van der Waals surface area contributed by atoms with E-state index >= 15 is 0 Å². The number of carbonyl (C=O) groups is 2. The molecular weight excluding hydrogens is 409 g/mol. The van der Waals surface area contributed by atoms with Crippen molar-refractivity contribution in [2.45, 2.75) is 25.6 Å². The summed E-state index contributed by atoms with van der Waals surface area (Å²) in [5.41, 5.74) is -2.59. The van der Waals surface area contributed by atoms with Crippen LogP contribution in [0.2, 0.25) is 0 Å². The number of halogens is 3. The van der Waals surface area contributed by atoms with E-state index in [1.165, 1.54) is 24.3 Å². The van der Waals surface area contributed by atoms with Gasteiger partial charge in [-0.25, -0.2) is 0 Å². The van der Waals surface area contributed by atoms with Crippen molar-refractivity contribution in [2.24, 2.45) is 0 Å². The average molecular weight is 426 g/mol. The number of aliphatic hydroxyl groups excluding tert-OH is 1. The van der Waals surface area contributed by atoms with E-state index in [-0.39, 0.29) is 17.2 Å². The largest absolute Gasteiger partial charge is 0.490 e. The number of hydrogen-bond acceptors (Lipinski definition) is 6. The van der Waals surface area contributed by atoms with Gasteiger partial charge in [-0.3, -0.25) is 19.7 Å². The van der Waals surface area contributed by atoms with Gasteiger partial charge in [-0.2, -0.15) is 13.2 Å². The Morgan fingerprint density at radius 2 is 1.83 bits per heavy atom. The number of nitro groups is 1. The maximum atomic E-state index is 13.0. The maximum absolute atomic E-state index is 13.0. The van der Waals surface area contributed by atoms with Crippen LogP contribution in [0.1, 0.15) is 29.3 Å². The second-order valence-electron chi connectivity index (χ2n) is 6.10. The van der Waals surface area contributed by atoms with E-state index in [2.05, 4.69) is 5.32 Å². The fraction of sp³-hybridized carbons (Fsp3) is 0.263. The summed E-state index contributed by atoms with van der Waals surface area (Å²) in [6.07, 6.45) is -6.40. The molecule has 2 rings (SSSR count). The molecule has 2 aromatic carbocycles. The van der Waals surface area contributed by atoms with Crippen molar-refractivity contribution >= 4 is 23.1 Å². The smallest absolute Gasteiger partial charge is 0.423 e. The van der Waals surface area contributed by atoms with E-state index in [4.69, 9.17) is 4.74 Å². The standard InChI is InChI=1S/C19H17F3N2O6/c1-2-16(25)11-3-6-13(7-4-11)30-10-17(26)18(27)23-12-5-8-15(24(28)29)14(9-12)19(20,21)22/h3-9,17,26H,2,10H2,1H3,(H,23,27)/t17-/m0/s1. The van der Waals surface area contributed by atoms with Crippen molar-refractivity contribution in [2.75, 3.05) is 11.9 Å². The quantitative estimate of drug-likeness (QED) is 0.378. The normalized spacial score (nSPS) is 12.2. The van der Waals surface area contributed by atoms with Crippen LogP contribution in [-0.2, 0) is 11.0 Å². The summed E-state index contributed by atoms with van der Waals surface area (Å²) in [5.74, 6) is -0.860. The number of carbonyl (C=O) groups excluding carboxylic acids is 2. The molecule has 160 valence electrons. The SMILES string of the molecule is CCC(=O)c1ccc(OC[C@H](O)C(=O)Nc2ccc([N+](=O)[O-])c(C(F)(F)F)c2)cc1. The molecule has 1 amide bonds. The van der Waals surface area contributed by atoms with Crippen LogP contribution >= 0.6 is 0 Å².